The maximum absolute atomic E-state index is 4.09. The fraction of sp³-hybridized carbons (Fsp3) is 0.333. The average molecular weight is 216 g/mol. The molecule has 4 heteroatoms. The molecule has 0 amide bonds. The van der Waals surface area contributed by atoms with Crippen LogP contribution in [0.4, 0.5) is 0 Å². The molecular weight excluding hydrogens is 200 g/mol. The van der Waals surface area contributed by atoms with Crippen molar-refractivity contribution in [2.24, 2.45) is 0 Å². The van der Waals surface area contributed by atoms with Crippen LogP contribution < -0.4 is 5.32 Å². The predicted molar refractivity (Wildman–Crippen MR) is 63.6 cm³/mol. The van der Waals surface area contributed by atoms with Gasteiger partial charge in [-0.15, -0.1) is 10.2 Å². The van der Waals surface area contributed by atoms with E-state index < -0.39 is 0 Å². The molecule has 0 atom stereocenters. The standard InChI is InChI=1S/C12H16N4/c1-9-4-10(2)6-11(5-9)16-8-14-15-12(16)7-13-3/h4-6,8,13H,7H2,1-3H3. The first kappa shape index (κ1) is 10.8. The predicted octanol–water partition coefficient (Wildman–Crippen LogP) is 1.60. The fourth-order valence-corrected chi connectivity index (χ4v) is 1.84. The molecule has 2 aromatic rings. The second-order valence-corrected chi connectivity index (χ2v) is 3.99. The normalized spacial score (nSPS) is 10.7. The summed E-state index contributed by atoms with van der Waals surface area (Å²) in [6.07, 6.45) is 1.75. The van der Waals surface area contributed by atoms with Gasteiger partial charge in [-0.2, -0.15) is 0 Å². The molecule has 0 saturated carbocycles. The first-order chi connectivity index (χ1) is 7.70. The Morgan fingerprint density at radius 1 is 1.19 bits per heavy atom. The van der Waals surface area contributed by atoms with Crippen LogP contribution in [-0.4, -0.2) is 21.8 Å². The molecule has 0 unspecified atom stereocenters. The van der Waals surface area contributed by atoms with E-state index in [2.05, 4.69) is 47.6 Å². The van der Waals surface area contributed by atoms with E-state index in [4.69, 9.17) is 0 Å². The highest BCUT2D eigenvalue weighted by atomic mass is 15.3. The Kier molecular flexibility index (Phi) is 3.01. The molecule has 1 N–H and O–H groups in total. The van der Waals surface area contributed by atoms with Crippen molar-refractivity contribution < 1.29 is 0 Å². The lowest BCUT2D eigenvalue weighted by molar-refractivity contribution is 0.737. The SMILES string of the molecule is CNCc1nncn1-c1cc(C)cc(C)c1. The second-order valence-electron chi connectivity index (χ2n) is 3.99. The first-order valence-corrected chi connectivity index (χ1v) is 5.33. The summed E-state index contributed by atoms with van der Waals surface area (Å²) in [6.45, 7) is 4.91. The van der Waals surface area contributed by atoms with Crippen LogP contribution in [0.5, 0.6) is 0 Å². The van der Waals surface area contributed by atoms with Crippen LogP contribution in [0.2, 0.25) is 0 Å². The van der Waals surface area contributed by atoms with Crippen molar-refractivity contribution in [1.29, 1.82) is 0 Å². The van der Waals surface area contributed by atoms with Gasteiger partial charge in [-0.05, 0) is 44.2 Å². The zero-order valence-electron chi connectivity index (χ0n) is 9.86. The van der Waals surface area contributed by atoms with Crippen molar-refractivity contribution in [2.45, 2.75) is 20.4 Å². The molecule has 2 rings (SSSR count). The lowest BCUT2D eigenvalue weighted by Gasteiger charge is -2.08. The minimum atomic E-state index is 0.715. The van der Waals surface area contributed by atoms with Crippen molar-refractivity contribution in [3.05, 3.63) is 41.5 Å². The van der Waals surface area contributed by atoms with Crippen molar-refractivity contribution in [1.82, 2.24) is 20.1 Å². The summed E-state index contributed by atoms with van der Waals surface area (Å²) in [7, 11) is 1.90. The van der Waals surface area contributed by atoms with E-state index in [9.17, 15) is 0 Å². The van der Waals surface area contributed by atoms with Crippen molar-refractivity contribution >= 4 is 0 Å². The molecule has 0 radical (unpaired) electrons. The largest absolute Gasteiger partial charge is 0.313 e. The highest BCUT2D eigenvalue weighted by Gasteiger charge is 2.05. The monoisotopic (exact) mass is 216 g/mol. The van der Waals surface area contributed by atoms with Gasteiger partial charge in [0.05, 0.1) is 6.54 Å². The van der Waals surface area contributed by atoms with E-state index in [1.165, 1.54) is 11.1 Å². The van der Waals surface area contributed by atoms with Gasteiger partial charge in [-0.25, -0.2) is 0 Å². The number of hydrogen-bond donors (Lipinski definition) is 1. The van der Waals surface area contributed by atoms with Gasteiger partial charge in [0.25, 0.3) is 0 Å². The zero-order chi connectivity index (χ0) is 11.5. The summed E-state index contributed by atoms with van der Waals surface area (Å²) in [5, 5.41) is 11.1. The van der Waals surface area contributed by atoms with Crippen molar-refractivity contribution in [2.75, 3.05) is 7.05 Å². The van der Waals surface area contributed by atoms with Crippen molar-refractivity contribution in [3.63, 3.8) is 0 Å². The molecule has 0 fully saturated rings. The third kappa shape index (κ3) is 2.12. The maximum atomic E-state index is 4.09. The van der Waals surface area contributed by atoms with E-state index >= 15 is 0 Å². The molecule has 0 aliphatic carbocycles. The Bertz CT molecular complexity index is 467. The van der Waals surface area contributed by atoms with E-state index in [0.717, 1.165) is 11.5 Å². The van der Waals surface area contributed by atoms with Crippen molar-refractivity contribution in [3.8, 4) is 5.69 Å². The summed E-state index contributed by atoms with van der Waals surface area (Å²) in [5.74, 6) is 0.924. The molecule has 0 bridgehead atoms. The summed E-state index contributed by atoms with van der Waals surface area (Å²) in [6, 6.07) is 6.43. The summed E-state index contributed by atoms with van der Waals surface area (Å²) >= 11 is 0. The molecule has 0 aliphatic heterocycles. The van der Waals surface area contributed by atoms with Gasteiger partial charge >= 0.3 is 0 Å². The Hall–Kier alpha value is -1.68. The van der Waals surface area contributed by atoms with Gasteiger partial charge in [0.1, 0.15) is 6.33 Å². The van der Waals surface area contributed by atoms with Crippen LogP contribution in [0.25, 0.3) is 5.69 Å². The average Bonchev–Trinajstić information content (AvgIpc) is 2.65. The van der Waals surface area contributed by atoms with Gasteiger partial charge in [-0.3, -0.25) is 4.57 Å². The van der Waals surface area contributed by atoms with Gasteiger partial charge in [0.2, 0.25) is 0 Å². The fourth-order valence-electron chi connectivity index (χ4n) is 1.84. The topological polar surface area (TPSA) is 42.7 Å². The molecule has 4 nitrogen and oxygen atoms in total. The molecule has 1 heterocycles. The minimum Gasteiger partial charge on any atom is -0.313 e. The quantitative estimate of drug-likeness (QED) is 0.847. The number of hydrogen-bond acceptors (Lipinski definition) is 3. The lowest BCUT2D eigenvalue weighted by atomic mass is 10.1. The van der Waals surface area contributed by atoms with Crippen LogP contribution in [0.3, 0.4) is 0 Å². The number of nitrogens with zero attached hydrogens (tertiary/aromatic N) is 3. The van der Waals surface area contributed by atoms with E-state index in [-0.39, 0.29) is 0 Å². The molecule has 0 saturated heterocycles. The van der Waals surface area contributed by atoms with Crippen LogP contribution in [0.1, 0.15) is 17.0 Å². The Labute approximate surface area is 95.3 Å². The first-order valence-electron chi connectivity index (χ1n) is 5.33. The molecule has 16 heavy (non-hydrogen) atoms. The van der Waals surface area contributed by atoms with Crippen LogP contribution in [0, 0.1) is 13.8 Å². The lowest BCUT2D eigenvalue weighted by Crippen LogP contribution is -2.11. The van der Waals surface area contributed by atoms with Gasteiger partial charge in [0, 0.05) is 5.69 Å². The highest BCUT2D eigenvalue weighted by molar-refractivity contribution is 5.39. The molecule has 1 aromatic carbocycles. The third-order valence-corrected chi connectivity index (χ3v) is 2.44. The molecule has 84 valence electrons. The molecular formula is C12H16N4. The van der Waals surface area contributed by atoms with E-state index in [1.807, 2.05) is 11.6 Å². The molecule has 1 aromatic heterocycles. The Morgan fingerprint density at radius 2 is 1.88 bits per heavy atom. The number of rotatable bonds is 3. The summed E-state index contributed by atoms with van der Waals surface area (Å²) < 4.78 is 2.01. The Morgan fingerprint density at radius 3 is 2.50 bits per heavy atom. The zero-order valence-corrected chi connectivity index (χ0v) is 9.86. The van der Waals surface area contributed by atoms with Crippen LogP contribution in [-0.2, 0) is 6.54 Å². The van der Waals surface area contributed by atoms with Gasteiger partial charge in [-0.1, -0.05) is 6.07 Å². The number of nitrogens with one attached hydrogen (secondary N) is 1. The van der Waals surface area contributed by atoms with Crippen LogP contribution >= 0.6 is 0 Å². The maximum Gasteiger partial charge on any atom is 0.151 e. The smallest absolute Gasteiger partial charge is 0.151 e. The van der Waals surface area contributed by atoms with E-state index in [1.54, 1.807) is 6.33 Å². The Balaban J connectivity index is 2.45. The summed E-state index contributed by atoms with van der Waals surface area (Å²) in [4.78, 5) is 0. The number of aromatic nitrogens is 3. The van der Waals surface area contributed by atoms with Gasteiger partial charge < -0.3 is 5.32 Å². The van der Waals surface area contributed by atoms with E-state index in [0.29, 0.717) is 6.54 Å². The van der Waals surface area contributed by atoms with Crippen LogP contribution in [0.15, 0.2) is 24.5 Å². The number of benzene rings is 1. The minimum absolute atomic E-state index is 0.715. The number of aryl methyl sites for hydroxylation is 2. The van der Waals surface area contributed by atoms with Gasteiger partial charge in [0.15, 0.2) is 5.82 Å². The summed E-state index contributed by atoms with van der Waals surface area (Å²) in [5.41, 5.74) is 3.62. The molecule has 0 spiro atoms. The third-order valence-electron chi connectivity index (χ3n) is 2.44. The molecule has 0 aliphatic rings. The highest BCUT2D eigenvalue weighted by Crippen LogP contribution is 2.14. The second kappa shape index (κ2) is 4.45.